The number of allylic oxidation sites excluding steroid dienone is 3. The molecule has 1 aliphatic carbocycles. The van der Waals surface area contributed by atoms with E-state index < -0.39 is 0 Å². The number of hydrogen-bond donors (Lipinski definition) is 0. The zero-order valence-electron chi connectivity index (χ0n) is 10.3. The minimum atomic E-state index is 0. The SMILES string of the molecule is C=C(C)C1CC=C(C)CC1.[CH-]=O.[CH-]=O.[CH-]=O.[Mn+3]. The van der Waals surface area contributed by atoms with Crippen LogP contribution < -0.4 is 0 Å². The molecule has 1 unspecified atom stereocenters. The molecule has 0 heterocycles. The molecule has 0 aromatic rings. The van der Waals surface area contributed by atoms with E-state index >= 15 is 0 Å². The van der Waals surface area contributed by atoms with Crippen LogP contribution in [0.25, 0.3) is 0 Å². The topological polar surface area (TPSA) is 51.2 Å². The normalized spacial score (nSPS) is 15.9. The predicted octanol–water partition coefficient (Wildman–Crippen LogP) is 2.48. The summed E-state index contributed by atoms with van der Waals surface area (Å²) in [6.45, 7) is 18.1. The molecule has 0 aliphatic heterocycles. The minimum Gasteiger partial charge on any atom is -0.545 e. The van der Waals surface area contributed by atoms with Crippen LogP contribution in [-0.2, 0) is 31.5 Å². The van der Waals surface area contributed by atoms with Gasteiger partial charge in [0.05, 0.1) is 0 Å². The predicted molar refractivity (Wildman–Crippen MR) is 66.2 cm³/mol. The average molecular weight is 278 g/mol. The third-order valence-electron chi connectivity index (χ3n) is 2.33. The zero-order valence-corrected chi connectivity index (χ0v) is 11.5. The van der Waals surface area contributed by atoms with Crippen molar-refractivity contribution >= 4 is 20.4 Å². The molecule has 1 atom stereocenters. The van der Waals surface area contributed by atoms with Crippen molar-refractivity contribution in [3.05, 3.63) is 23.8 Å². The monoisotopic (exact) mass is 278 g/mol. The van der Waals surface area contributed by atoms with E-state index in [1.54, 1.807) is 5.57 Å². The van der Waals surface area contributed by atoms with Crippen LogP contribution in [0.3, 0.4) is 0 Å². The fraction of sp³-hybridized carbons (Fsp3) is 0.462. The molecule has 0 N–H and O–H groups in total. The van der Waals surface area contributed by atoms with Crippen LogP contribution in [0.2, 0.25) is 0 Å². The molecule has 0 bridgehead atoms. The van der Waals surface area contributed by atoms with Crippen LogP contribution in [0.15, 0.2) is 23.8 Å². The first-order valence-electron chi connectivity index (χ1n) is 4.72. The van der Waals surface area contributed by atoms with Gasteiger partial charge in [0.1, 0.15) is 0 Å². The van der Waals surface area contributed by atoms with Gasteiger partial charge >= 0.3 is 17.1 Å². The van der Waals surface area contributed by atoms with Gasteiger partial charge in [0, 0.05) is 0 Å². The van der Waals surface area contributed by atoms with Crippen LogP contribution in [-0.4, -0.2) is 20.4 Å². The summed E-state index contributed by atoms with van der Waals surface area (Å²) in [6.07, 6.45) is 6.17. The van der Waals surface area contributed by atoms with E-state index in [0.717, 1.165) is 5.92 Å². The van der Waals surface area contributed by atoms with Crippen LogP contribution in [0.5, 0.6) is 0 Å². The van der Waals surface area contributed by atoms with Crippen LogP contribution in [0, 0.1) is 5.92 Å². The fourth-order valence-corrected chi connectivity index (χ4v) is 1.41. The molecule has 0 aromatic carbocycles. The molecule has 1 aliphatic rings. The molecule has 1 rings (SSSR count). The van der Waals surface area contributed by atoms with Crippen molar-refractivity contribution in [2.75, 3.05) is 0 Å². The molecular formula is C13H19MnO3. The van der Waals surface area contributed by atoms with E-state index in [9.17, 15) is 0 Å². The van der Waals surface area contributed by atoms with E-state index in [4.69, 9.17) is 14.4 Å². The molecule has 0 saturated heterocycles. The summed E-state index contributed by atoms with van der Waals surface area (Å²) in [6, 6.07) is 0. The Morgan fingerprint density at radius 1 is 1.24 bits per heavy atom. The van der Waals surface area contributed by atoms with Gasteiger partial charge in [-0.15, -0.1) is 0 Å². The van der Waals surface area contributed by atoms with Crippen molar-refractivity contribution in [1.29, 1.82) is 0 Å². The summed E-state index contributed by atoms with van der Waals surface area (Å²) in [4.78, 5) is 23.2. The maximum Gasteiger partial charge on any atom is 3.00 e. The maximum atomic E-state index is 7.75. The Morgan fingerprint density at radius 2 is 1.65 bits per heavy atom. The largest absolute Gasteiger partial charge is 3.00 e. The summed E-state index contributed by atoms with van der Waals surface area (Å²) >= 11 is 0. The van der Waals surface area contributed by atoms with Gasteiger partial charge in [-0.1, -0.05) is 23.8 Å². The quantitative estimate of drug-likeness (QED) is 0.320. The van der Waals surface area contributed by atoms with E-state index in [1.165, 1.54) is 24.8 Å². The number of carbonyl (C=O) groups excluding carboxylic acids is 3. The van der Waals surface area contributed by atoms with Gasteiger partial charge in [-0.2, -0.15) is 0 Å². The smallest absolute Gasteiger partial charge is 0.545 e. The third-order valence-corrected chi connectivity index (χ3v) is 2.33. The van der Waals surface area contributed by atoms with Gasteiger partial charge < -0.3 is 14.4 Å². The summed E-state index contributed by atoms with van der Waals surface area (Å²) in [5, 5.41) is 0. The summed E-state index contributed by atoms with van der Waals surface area (Å²) in [7, 11) is 0. The first kappa shape index (κ1) is 25.0. The number of rotatable bonds is 1. The second-order valence-corrected chi connectivity index (χ2v) is 3.37. The van der Waals surface area contributed by atoms with Gasteiger partial charge in [0.25, 0.3) is 0 Å². The van der Waals surface area contributed by atoms with E-state index in [-0.39, 0.29) is 17.1 Å². The second-order valence-electron chi connectivity index (χ2n) is 3.37. The Balaban J connectivity index is -0.000000106. The average Bonchev–Trinajstić information content (AvgIpc) is 2.37. The molecular weight excluding hydrogens is 259 g/mol. The maximum absolute atomic E-state index is 7.75. The van der Waals surface area contributed by atoms with Crippen LogP contribution in [0.1, 0.15) is 33.1 Å². The molecule has 0 radical (unpaired) electrons. The van der Waals surface area contributed by atoms with Crippen molar-refractivity contribution in [2.24, 2.45) is 5.92 Å². The fourth-order valence-electron chi connectivity index (χ4n) is 1.41. The summed E-state index contributed by atoms with van der Waals surface area (Å²) in [5.74, 6) is 0.767. The Hall–Kier alpha value is -0.991. The molecule has 0 aromatic heterocycles. The Bertz CT molecular complexity index is 210. The molecule has 0 spiro atoms. The zero-order chi connectivity index (χ0) is 13.6. The summed E-state index contributed by atoms with van der Waals surface area (Å²) < 4.78 is 0. The van der Waals surface area contributed by atoms with E-state index in [1.807, 2.05) is 0 Å². The van der Waals surface area contributed by atoms with Crippen molar-refractivity contribution in [1.82, 2.24) is 0 Å². The van der Waals surface area contributed by atoms with Gasteiger partial charge in [-0.3, -0.25) is 20.4 Å². The Labute approximate surface area is 115 Å². The van der Waals surface area contributed by atoms with Crippen molar-refractivity contribution < 1.29 is 31.5 Å². The molecule has 17 heavy (non-hydrogen) atoms. The van der Waals surface area contributed by atoms with E-state index in [0.29, 0.717) is 0 Å². The molecule has 0 fully saturated rings. The van der Waals surface area contributed by atoms with E-state index in [2.05, 4.69) is 46.9 Å². The van der Waals surface area contributed by atoms with Gasteiger partial charge in [-0.25, -0.2) is 0 Å². The van der Waals surface area contributed by atoms with Gasteiger partial charge in [0.2, 0.25) is 0 Å². The molecule has 96 valence electrons. The van der Waals surface area contributed by atoms with Crippen LogP contribution >= 0.6 is 0 Å². The molecule has 0 saturated carbocycles. The standard InChI is InChI=1S/C10H16.3CHO.Mn/c1-8(2)10-6-4-9(3)5-7-10;3*1-2;/h4,10H,1,5-7H2,2-3H3;3*1H;/q;3*-1;+3. The Morgan fingerprint density at radius 3 is 1.88 bits per heavy atom. The van der Waals surface area contributed by atoms with Crippen molar-refractivity contribution in [3.8, 4) is 0 Å². The van der Waals surface area contributed by atoms with Gasteiger partial charge in [0.15, 0.2) is 0 Å². The molecule has 0 amide bonds. The minimum absolute atomic E-state index is 0. The Kier molecular flexibility index (Phi) is 30.0. The first-order valence-corrected chi connectivity index (χ1v) is 4.72. The van der Waals surface area contributed by atoms with Crippen molar-refractivity contribution in [3.63, 3.8) is 0 Å². The summed E-state index contributed by atoms with van der Waals surface area (Å²) in [5.41, 5.74) is 2.90. The van der Waals surface area contributed by atoms with Gasteiger partial charge in [-0.05, 0) is 39.0 Å². The third kappa shape index (κ3) is 15.0. The molecule has 4 heteroatoms. The van der Waals surface area contributed by atoms with Crippen molar-refractivity contribution in [2.45, 2.75) is 33.1 Å². The number of hydrogen-bond acceptors (Lipinski definition) is 3. The second kappa shape index (κ2) is 20.4. The van der Waals surface area contributed by atoms with Crippen LogP contribution in [0.4, 0.5) is 0 Å². The molecule has 3 nitrogen and oxygen atoms in total. The first-order chi connectivity index (χ1) is 7.70.